The number of carbonyl (C=O) groups is 2. The Kier molecular flexibility index (Phi) is 5.06. The van der Waals surface area contributed by atoms with Crippen LogP contribution in [0.15, 0.2) is 18.3 Å². The second-order valence-corrected chi connectivity index (χ2v) is 3.36. The summed E-state index contributed by atoms with van der Waals surface area (Å²) in [6, 6.07) is 3.08. The Labute approximate surface area is 104 Å². The van der Waals surface area contributed by atoms with Crippen LogP contribution in [0.4, 0.5) is 5.69 Å². The molecule has 0 radical (unpaired) electrons. The molecule has 1 atom stereocenters. The van der Waals surface area contributed by atoms with E-state index in [1.165, 1.54) is 26.5 Å². The number of nitrogens with one attached hydrogen (secondary N) is 1. The third-order valence-electron chi connectivity index (χ3n) is 2.21. The number of rotatable bonds is 6. The third-order valence-corrected chi connectivity index (χ3v) is 2.21. The number of carboxylic acids is 1. The fraction of sp³-hybridized carbons (Fsp3) is 0.364. The van der Waals surface area contributed by atoms with Gasteiger partial charge in [0.15, 0.2) is 6.10 Å². The molecular weight excluding hydrogens is 240 g/mol. The quantitative estimate of drug-likeness (QED) is 0.708. The van der Waals surface area contributed by atoms with E-state index in [9.17, 15) is 9.59 Å². The van der Waals surface area contributed by atoms with Crippen molar-refractivity contribution in [2.75, 3.05) is 26.1 Å². The molecule has 1 rings (SSSR count). The van der Waals surface area contributed by atoms with Crippen LogP contribution in [0.1, 0.15) is 10.5 Å². The van der Waals surface area contributed by atoms with E-state index in [0.29, 0.717) is 5.69 Å². The van der Waals surface area contributed by atoms with Crippen LogP contribution in [0.2, 0.25) is 0 Å². The van der Waals surface area contributed by atoms with Crippen LogP contribution in [-0.4, -0.2) is 48.9 Å². The lowest BCUT2D eigenvalue weighted by Crippen LogP contribution is -2.30. The number of nitrogens with zero attached hydrogens (tertiary/aromatic N) is 1. The van der Waals surface area contributed by atoms with Gasteiger partial charge in [0, 0.05) is 19.0 Å². The third kappa shape index (κ3) is 3.70. The molecule has 1 aromatic rings. The van der Waals surface area contributed by atoms with Crippen molar-refractivity contribution in [3.05, 3.63) is 24.0 Å². The second-order valence-electron chi connectivity index (χ2n) is 3.36. The first-order chi connectivity index (χ1) is 8.58. The maximum atomic E-state index is 11.2. The number of aliphatic carboxylic acids is 1. The fourth-order valence-corrected chi connectivity index (χ4v) is 1.24. The van der Waals surface area contributed by atoms with Crippen LogP contribution in [0, 0.1) is 0 Å². The van der Waals surface area contributed by atoms with Gasteiger partial charge in [0.1, 0.15) is 5.69 Å². The van der Waals surface area contributed by atoms with Crippen LogP contribution >= 0.6 is 0 Å². The zero-order valence-corrected chi connectivity index (χ0v) is 10.0. The van der Waals surface area contributed by atoms with Crippen molar-refractivity contribution in [3.63, 3.8) is 0 Å². The maximum absolute atomic E-state index is 11.2. The molecule has 0 aliphatic rings. The molecule has 0 aliphatic carbocycles. The molecule has 0 fully saturated rings. The first-order valence-corrected chi connectivity index (χ1v) is 5.12. The second kappa shape index (κ2) is 6.55. The fourth-order valence-electron chi connectivity index (χ4n) is 1.24. The Morgan fingerprint density at radius 1 is 1.50 bits per heavy atom. The summed E-state index contributed by atoms with van der Waals surface area (Å²) < 4.78 is 9.29. The van der Waals surface area contributed by atoms with Gasteiger partial charge in [0.2, 0.25) is 0 Å². The lowest BCUT2D eigenvalue weighted by atomic mass is 10.3. The van der Waals surface area contributed by atoms with Crippen LogP contribution in [0.5, 0.6) is 0 Å². The first kappa shape index (κ1) is 13.9. The molecule has 0 bridgehead atoms. The van der Waals surface area contributed by atoms with E-state index in [0.717, 1.165) is 0 Å². The summed E-state index contributed by atoms with van der Waals surface area (Å²) in [7, 11) is 2.57. The van der Waals surface area contributed by atoms with E-state index in [1.807, 2.05) is 0 Å². The van der Waals surface area contributed by atoms with E-state index in [-0.39, 0.29) is 12.2 Å². The Morgan fingerprint density at radius 3 is 2.78 bits per heavy atom. The van der Waals surface area contributed by atoms with Gasteiger partial charge in [0.25, 0.3) is 0 Å². The summed E-state index contributed by atoms with van der Waals surface area (Å²) in [5.41, 5.74) is 0.709. The molecule has 1 heterocycles. The Balaban J connectivity index is 2.68. The van der Waals surface area contributed by atoms with Gasteiger partial charge >= 0.3 is 11.9 Å². The van der Waals surface area contributed by atoms with Crippen molar-refractivity contribution in [2.24, 2.45) is 0 Å². The van der Waals surface area contributed by atoms with Gasteiger partial charge in [-0.05, 0) is 12.1 Å². The zero-order chi connectivity index (χ0) is 13.5. The predicted octanol–water partition coefficient (Wildman–Crippen LogP) is 0.380. The van der Waals surface area contributed by atoms with E-state index in [4.69, 9.17) is 9.84 Å². The molecule has 1 aromatic heterocycles. The minimum absolute atomic E-state index is 0.0798. The summed E-state index contributed by atoms with van der Waals surface area (Å²) in [6.07, 6.45) is 0.469. The van der Waals surface area contributed by atoms with Crippen molar-refractivity contribution >= 4 is 17.6 Å². The summed E-state index contributed by atoms with van der Waals surface area (Å²) in [6.45, 7) is 0.0798. The Morgan fingerprint density at radius 2 is 2.22 bits per heavy atom. The van der Waals surface area contributed by atoms with Crippen molar-refractivity contribution < 1.29 is 24.2 Å². The van der Waals surface area contributed by atoms with E-state index in [1.54, 1.807) is 6.07 Å². The monoisotopic (exact) mass is 254 g/mol. The van der Waals surface area contributed by atoms with Gasteiger partial charge in [-0.2, -0.15) is 0 Å². The zero-order valence-electron chi connectivity index (χ0n) is 10.0. The molecular formula is C11H14N2O5. The Bertz CT molecular complexity index is 435. The number of hydrogen-bond donors (Lipinski definition) is 2. The summed E-state index contributed by atoms with van der Waals surface area (Å²) >= 11 is 0. The van der Waals surface area contributed by atoms with Crippen molar-refractivity contribution in [3.8, 4) is 0 Å². The van der Waals surface area contributed by atoms with E-state index in [2.05, 4.69) is 15.0 Å². The number of aromatic nitrogens is 1. The normalized spacial score (nSPS) is 11.7. The highest BCUT2D eigenvalue weighted by Gasteiger charge is 2.16. The highest BCUT2D eigenvalue weighted by atomic mass is 16.5. The number of methoxy groups -OCH3 is 2. The van der Waals surface area contributed by atoms with Gasteiger partial charge in [-0.15, -0.1) is 0 Å². The summed E-state index contributed by atoms with van der Waals surface area (Å²) in [5.74, 6) is -1.62. The molecule has 0 aliphatic heterocycles. The number of pyridine rings is 1. The largest absolute Gasteiger partial charge is 0.479 e. The lowest BCUT2D eigenvalue weighted by molar-refractivity contribution is -0.147. The maximum Gasteiger partial charge on any atom is 0.356 e. The molecule has 98 valence electrons. The summed E-state index contributed by atoms with van der Waals surface area (Å²) in [5, 5.41) is 11.6. The molecule has 0 saturated heterocycles. The van der Waals surface area contributed by atoms with Crippen molar-refractivity contribution in [1.82, 2.24) is 4.98 Å². The van der Waals surface area contributed by atoms with Crippen LogP contribution in [-0.2, 0) is 14.3 Å². The number of ether oxygens (including phenoxy) is 2. The molecule has 0 spiro atoms. The number of hydrogen-bond acceptors (Lipinski definition) is 6. The van der Waals surface area contributed by atoms with Gasteiger partial charge in [0.05, 0.1) is 13.7 Å². The van der Waals surface area contributed by atoms with Crippen LogP contribution < -0.4 is 5.32 Å². The number of anilines is 1. The SMILES string of the molecule is COC(=O)c1cc(NCC(OC)C(=O)O)ccn1. The van der Waals surface area contributed by atoms with Gasteiger partial charge in [-0.1, -0.05) is 0 Å². The Hall–Kier alpha value is -2.15. The number of carbonyl (C=O) groups excluding carboxylic acids is 1. The molecule has 1 unspecified atom stereocenters. The number of esters is 1. The van der Waals surface area contributed by atoms with E-state index >= 15 is 0 Å². The molecule has 18 heavy (non-hydrogen) atoms. The molecule has 7 heteroatoms. The minimum Gasteiger partial charge on any atom is -0.479 e. The molecule has 0 saturated carbocycles. The minimum atomic E-state index is -1.06. The standard InChI is InChI=1S/C11H14N2O5/c1-17-9(10(14)15)6-13-7-3-4-12-8(5-7)11(16)18-2/h3-5,9H,6H2,1-2H3,(H,12,13)(H,14,15). The topological polar surface area (TPSA) is 97.8 Å². The number of carboxylic acid groups (broad SMARTS) is 1. The van der Waals surface area contributed by atoms with Gasteiger partial charge in [-0.3, -0.25) is 0 Å². The van der Waals surface area contributed by atoms with Crippen LogP contribution in [0.25, 0.3) is 0 Å². The average Bonchev–Trinajstić information content (AvgIpc) is 2.38. The molecule has 0 aromatic carbocycles. The average molecular weight is 254 g/mol. The lowest BCUT2D eigenvalue weighted by Gasteiger charge is -2.12. The smallest absolute Gasteiger partial charge is 0.356 e. The van der Waals surface area contributed by atoms with Gasteiger partial charge in [-0.25, -0.2) is 14.6 Å². The van der Waals surface area contributed by atoms with Crippen LogP contribution in [0.3, 0.4) is 0 Å². The van der Waals surface area contributed by atoms with Crippen molar-refractivity contribution in [2.45, 2.75) is 6.10 Å². The van der Waals surface area contributed by atoms with E-state index < -0.39 is 18.0 Å². The van der Waals surface area contributed by atoms with Gasteiger partial charge < -0.3 is 19.9 Å². The highest BCUT2D eigenvalue weighted by molar-refractivity contribution is 5.88. The molecule has 7 nitrogen and oxygen atoms in total. The van der Waals surface area contributed by atoms with Crippen molar-refractivity contribution in [1.29, 1.82) is 0 Å². The highest BCUT2D eigenvalue weighted by Crippen LogP contribution is 2.09. The molecule has 0 amide bonds. The predicted molar refractivity (Wildman–Crippen MR) is 62.5 cm³/mol. The first-order valence-electron chi connectivity index (χ1n) is 5.12. The summed E-state index contributed by atoms with van der Waals surface area (Å²) in [4.78, 5) is 25.8. The molecule has 2 N–H and O–H groups in total.